The first-order valence-electron chi connectivity index (χ1n) is 45.2. The first kappa shape index (κ1) is 107. The molecule has 7 aliphatic heterocycles. The average molecular weight is 1990 g/mol. The lowest BCUT2D eigenvalue weighted by Crippen LogP contribution is -2.53. The summed E-state index contributed by atoms with van der Waals surface area (Å²) in [5, 5.41) is 3.31. The Balaban J connectivity index is 0.000000172. The molecule has 24 nitrogen and oxygen atoms in total. The van der Waals surface area contributed by atoms with E-state index in [-0.39, 0.29) is 104 Å². The molecule has 0 aromatic heterocycles. The van der Waals surface area contributed by atoms with Gasteiger partial charge in [0.15, 0.2) is 0 Å². The lowest BCUT2D eigenvalue weighted by molar-refractivity contribution is -0.138. The normalized spacial score (nSPS) is 20.2. The number of likely N-dealkylation sites (tertiary alicyclic amines) is 6. The Morgan fingerprint density at radius 3 is 0.940 bits per heavy atom. The average Bonchev–Trinajstić information content (AvgIpc) is 1.47. The number of piperidine rings is 5. The Labute approximate surface area is 773 Å². The molecule has 0 spiro atoms. The maximum atomic E-state index is 13.6. The van der Waals surface area contributed by atoms with Crippen molar-refractivity contribution in [3.63, 3.8) is 0 Å². The van der Waals surface area contributed by atoms with Crippen LogP contribution in [0.1, 0.15) is 184 Å². The van der Waals surface area contributed by atoms with Crippen molar-refractivity contribution in [2.45, 2.75) is 274 Å². The van der Waals surface area contributed by atoms with Crippen LogP contribution in [0.2, 0.25) is 0 Å². The van der Waals surface area contributed by atoms with E-state index in [2.05, 4.69) is 22.3 Å². The maximum Gasteiger partial charge on any atom is 0.416 e. The van der Waals surface area contributed by atoms with Crippen molar-refractivity contribution >= 4 is 63.7 Å². The summed E-state index contributed by atoms with van der Waals surface area (Å²) in [7, 11) is -16.6. The number of sulfonamides is 4. The van der Waals surface area contributed by atoms with Crippen molar-refractivity contribution in [3.8, 4) is 0 Å². The predicted molar refractivity (Wildman–Crippen MR) is 466 cm³/mol. The van der Waals surface area contributed by atoms with Gasteiger partial charge in [-0.05, 0) is 215 Å². The molecular formula is C90H118F16N12O12S4. The number of hydrogen-bond donors (Lipinski definition) is 1. The molecule has 0 radical (unpaired) electrons. The van der Waals surface area contributed by atoms with E-state index < -0.39 is 158 Å². The van der Waals surface area contributed by atoms with E-state index in [9.17, 15) is 123 Å². The second-order valence-electron chi connectivity index (χ2n) is 36.7. The molecule has 0 atom stereocenters. The second-order valence-corrected chi connectivity index (χ2v) is 44.0. The number of carbonyl (C=O) groups is 4. The standard InChI is InChI=1S/C25H30F3N3O3S.C22H30F5N3O3S.C22H30F3N3O3S.C21H28F5N3O3S/c1-18(2)31(35(33,34)23-9-5-8-21(14-23)25(26,27)28)22-10-12-30(13-11-22)24(32)17-29-15-19-6-3-4-7-20(19)16-29;1-16(2)30(34(32,33)19-6-3-5-17(13-19)22(25,26)27)18-7-11-29(12-8-18)20(31)14-28-10-4-9-21(23,24)15-28;23-22(24,25)16-4-3-7-20(14-16)32(30,31)28(18-8-9-18)19-10-12-27(13-11-19)21(29)15-26-17-5-1-2-6-17;1-15(2)29(33(31,32)18-5-3-4-16(12-18)21(24,25)26)17-6-9-28(10-7-17)19(30)13-27-11-8-20(22,23)14-27/h3-9,14,18,22H,10-13,15-17H2,1-2H3;3,5-6,13,16,18H,4,7-12,14-15H2,1-2H3;3-4,7,14,17-19,26H,1-2,5-6,8-13,15H2;3-5,12,15,17H,6-11,13-14H2,1-2H3. The first-order valence-corrected chi connectivity index (χ1v) is 51.0. The summed E-state index contributed by atoms with van der Waals surface area (Å²) in [4.78, 5) is 60.6. The maximum absolute atomic E-state index is 13.6. The molecule has 0 bridgehead atoms. The monoisotopic (exact) mass is 1990 g/mol. The number of nitrogens with zero attached hydrogens (tertiary/aromatic N) is 11. The third-order valence-electron chi connectivity index (χ3n) is 25.7. The lowest BCUT2D eigenvalue weighted by atomic mass is 10.0. The zero-order valence-electron chi connectivity index (χ0n) is 75.5. The number of rotatable bonds is 25. The second kappa shape index (κ2) is 43.8. The Kier molecular flexibility index (Phi) is 34.9. The highest BCUT2D eigenvalue weighted by Gasteiger charge is 2.49. The fraction of sp³-hybridized carbons (Fsp3) is 0.622. The summed E-state index contributed by atoms with van der Waals surface area (Å²) in [5.74, 6) is -6.14. The zero-order chi connectivity index (χ0) is 98.2. The number of hydrogen-bond acceptors (Lipinski definition) is 16. The van der Waals surface area contributed by atoms with Gasteiger partial charge in [0, 0.05) is 139 Å². The number of carbonyl (C=O) groups excluding carboxylic acids is 4. The van der Waals surface area contributed by atoms with Crippen LogP contribution < -0.4 is 5.32 Å². The van der Waals surface area contributed by atoms with E-state index >= 15 is 0 Å². The van der Waals surface area contributed by atoms with Gasteiger partial charge in [0.25, 0.3) is 11.8 Å². The zero-order valence-corrected chi connectivity index (χ0v) is 78.8. The number of amides is 4. The fourth-order valence-electron chi connectivity index (χ4n) is 19.0. The lowest BCUT2D eigenvalue weighted by Gasteiger charge is -2.40. The summed E-state index contributed by atoms with van der Waals surface area (Å²) in [6.45, 7) is 14.2. The molecule has 8 fully saturated rings. The molecule has 1 N–H and O–H groups in total. The first-order chi connectivity index (χ1) is 62.5. The molecule has 2 saturated carbocycles. The minimum Gasteiger partial charge on any atom is -0.341 e. The summed E-state index contributed by atoms with van der Waals surface area (Å²) < 4.78 is 323. The van der Waals surface area contributed by atoms with Crippen LogP contribution in [0.4, 0.5) is 70.2 Å². The van der Waals surface area contributed by atoms with Crippen LogP contribution in [0.3, 0.4) is 0 Å². The molecule has 6 saturated heterocycles. The number of fused-ring (bicyclic) bond motifs is 1. The molecule has 2 aliphatic carbocycles. The molecule has 7 heterocycles. The minimum absolute atomic E-state index is 0.00749. The highest BCUT2D eigenvalue weighted by molar-refractivity contribution is 7.90. The minimum atomic E-state index is -4.67. The molecule has 746 valence electrons. The van der Waals surface area contributed by atoms with E-state index in [1.54, 1.807) is 56.2 Å². The third kappa shape index (κ3) is 27.7. The molecule has 5 aromatic carbocycles. The number of benzene rings is 5. The van der Waals surface area contributed by atoms with Crippen molar-refractivity contribution in [1.29, 1.82) is 0 Å². The number of nitrogens with one attached hydrogen (secondary N) is 1. The van der Waals surface area contributed by atoms with Crippen LogP contribution >= 0.6 is 0 Å². The van der Waals surface area contributed by atoms with Gasteiger partial charge in [-0.2, -0.15) is 69.9 Å². The van der Waals surface area contributed by atoms with E-state index in [0.29, 0.717) is 141 Å². The molecule has 5 aromatic rings. The van der Waals surface area contributed by atoms with Crippen molar-refractivity contribution < 1.29 is 123 Å². The van der Waals surface area contributed by atoms with Crippen LogP contribution in [0.15, 0.2) is 141 Å². The van der Waals surface area contributed by atoms with Crippen molar-refractivity contribution in [2.24, 2.45) is 0 Å². The molecule has 0 unspecified atom stereocenters. The van der Waals surface area contributed by atoms with Crippen LogP contribution in [-0.4, -0.2) is 280 Å². The van der Waals surface area contributed by atoms with Crippen LogP contribution in [0, 0.1) is 0 Å². The summed E-state index contributed by atoms with van der Waals surface area (Å²) in [6.07, 6.45) is -9.66. The van der Waals surface area contributed by atoms with E-state index in [4.69, 9.17) is 0 Å². The van der Waals surface area contributed by atoms with Gasteiger partial charge in [-0.1, -0.05) is 61.4 Å². The topological polar surface area (TPSA) is 253 Å². The Morgan fingerprint density at radius 1 is 0.351 bits per heavy atom. The van der Waals surface area contributed by atoms with E-state index in [1.165, 1.54) is 68.0 Å². The van der Waals surface area contributed by atoms with Crippen molar-refractivity contribution in [1.82, 2.24) is 56.8 Å². The van der Waals surface area contributed by atoms with Gasteiger partial charge in [-0.3, -0.25) is 33.9 Å². The van der Waals surface area contributed by atoms with Crippen molar-refractivity contribution in [3.05, 3.63) is 155 Å². The van der Waals surface area contributed by atoms with Gasteiger partial charge >= 0.3 is 24.7 Å². The number of halogens is 16. The Morgan fingerprint density at radius 2 is 0.642 bits per heavy atom. The quantitative estimate of drug-likeness (QED) is 0.0533. The molecule has 4 amide bonds. The molecule has 9 aliphatic rings. The largest absolute Gasteiger partial charge is 0.416 e. The molecular weight excluding hydrogens is 1870 g/mol. The predicted octanol–water partition coefficient (Wildman–Crippen LogP) is 14.8. The Bertz CT molecular complexity index is 5300. The molecule has 14 rings (SSSR count). The van der Waals surface area contributed by atoms with Crippen molar-refractivity contribution in [2.75, 3.05) is 105 Å². The highest BCUT2D eigenvalue weighted by atomic mass is 32.2. The van der Waals surface area contributed by atoms with Gasteiger partial charge < -0.3 is 24.9 Å². The van der Waals surface area contributed by atoms with E-state index in [0.717, 1.165) is 92.7 Å². The van der Waals surface area contributed by atoms with Crippen LogP contribution in [-0.2, 0) is 97.1 Å². The SMILES string of the molecule is CC(C)N(C1CCN(C(=O)CN2CCC(F)(F)C2)CC1)S(=O)(=O)c1cccc(C(F)(F)F)c1.CC(C)N(C1CCN(C(=O)CN2CCCC(F)(F)C2)CC1)S(=O)(=O)c1cccc(C(F)(F)F)c1.CC(C)N(C1CCN(C(=O)CN2Cc3ccccc3C2)CC1)S(=O)(=O)c1cccc(C(F)(F)F)c1.O=C(CNC1CCCC1)N1CCC(N(C2CC2)S(=O)(=O)c2cccc(C(F)(F)F)c2)CC1. The smallest absolute Gasteiger partial charge is 0.341 e. The molecule has 134 heavy (non-hydrogen) atoms. The Hall–Kier alpha value is -7.66. The third-order valence-corrected chi connectivity index (χ3v) is 34.1. The summed E-state index contributed by atoms with van der Waals surface area (Å²) in [5.41, 5.74) is -1.59. The fourth-order valence-corrected chi connectivity index (χ4v) is 26.8. The highest BCUT2D eigenvalue weighted by Crippen LogP contribution is 2.42. The van der Waals surface area contributed by atoms with Crippen LogP contribution in [0.25, 0.3) is 0 Å². The summed E-state index contributed by atoms with van der Waals surface area (Å²) in [6, 6.07) is 20.4. The van der Waals surface area contributed by atoms with Gasteiger partial charge in [-0.15, -0.1) is 0 Å². The van der Waals surface area contributed by atoms with Gasteiger partial charge in [0.1, 0.15) is 0 Å². The summed E-state index contributed by atoms with van der Waals surface area (Å²) >= 11 is 0. The van der Waals surface area contributed by atoms with Gasteiger partial charge in [-0.25, -0.2) is 51.2 Å². The van der Waals surface area contributed by atoms with E-state index in [1.807, 2.05) is 12.1 Å². The van der Waals surface area contributed by atoms with Crippen LogP contribution in [0.5, 0.6) is 0 Å². The molecule has 44 heteroatoms. The number of alkyl halides is 16. The van der Waals surface area contributed by atoms with Gasteiger partial charge in [0.2, 0.25) is 63.7 Å². The van der Waals surface area contributed by atoms with Gasteiger partial charge in [0.05, 0.1) is 81.1 Å².